The fourth-order valence-corrected chi connectivity index (χ4v) is 19.3. The Morgan fingerprint density at radius 1 is 0.739 bits per heavy atom. The monoisotopic (exact) mass is 1610 g/mol. The predicted octanol–water partition coefficient (Wildman–Crippen LogP) is 12.9. The number of hydrogen-bond acceptors (Lipinski definition) is 15. The van der Waals surface area contributed by atoms with E-state index in [9.17, 15) is 54.2 Å². The number of ether oxygens (including phenoxy) is 3. The minimum Gasteiger partial charge on any atom is -1.00 e. The van der Waals surface area contributed by atoms with Gasteiger partial charge in [-0.25, -0.2) is 18.0 Å². The van der Waals surface area contributed by atoms with Gasteiger partial charge in [0.2, 0.25) is 5.12 Å². The number of aliphatic hydroxyl groups is 4. The maximum atomic E-state index is 17.2. The molecule has 598 valence electrons. The van der Waals surface area contributed by atoms with E-state index in [-0.39, 0.29) is 77.3 Å². The number of halogens is 4. The van der Waals surface area contributed by atoms with Gasteiger partial charge in [-0.1, -0.05) is 197 Å². The SMILES string of the molecule is CCC(=O)O[C@]1(C(=O)SCF)[C@H](C)C[C@H]2[C@@H]3C[C@H](F)C4=CC(=O)C=C[C@]4(C)[C@@]3(F)[C@@H](O)C[C@@]21C.O=C(O)c1ccc2ccccc2c1O.OC(c1ccccc1)(c1ccccc1)C12CC[N+](CCOCc3ccccc3)(CC1)CC2.OCc1cc(C(O)CNCCCCCCOCCCCc2ccccc2)ccc1O.[Br-]. The number of hydrogen-bond donors (Lipinski definition) is 8. The Hall–Kier alpha value is -7.54. The van der Waals surface area contributed by atoms with E-state index in [1.165, 1.54) is 48.8 Å². The summed E-state index contributed by atoms with van der Waals surface area (Å²) >= 11 is 0.396. The number of quaternary nitrogens is 1. The molecule has 21 heteroatoms. The van der Waals surface area contributed by atoms with Crippen molar-refractivity contribution in [3.8, 4) is 11.5 Å². The minimum atomic E-state index is -2.30. The van der Waals surface area contributed by atoms with Crippen LogP contribution in [0.4, 0.5) is 13.2 Å². The normalized spacial score (nSPS) is 26.3. The standard InChI is InChI=1S/C29H34NO2.C25H31F3O5S.C25H37NO4.C11H8O3.BrH/c31-29(26-12-6-2-7-13-26,27-14-8-3-9-15-27)28-16-19-30(20-17-28,21-18-28)22-23-32-24-25-10-4-1-5-11-25;1-5-20(31)33-25(21(32)34-12-26)13(2)8-15-16-10-18(27)17-9-14(29)6-7-22(17,3)24(16,28)19(30)11-23(15,25)4;27-20-23-18-22(13-14-24(23)28)25(29)19-26-15-7-1-2-8-16-30-17-9-6-12-21-10-4-3-5-11-21;12-10-8-4-2-1-3-7(8)5-6-9(10)11(13)14;/h1-15,31H,16-24H2;6-7,9,13,15-16,18-19,30H,5,8,10-12H2,1-4H3;3-5,10-11,13-14,18,25-29H,1-2,6-9,12,15-17,19-20H2;1-6,12H,(H,13,14);1H/q+1;;;;/p-1/t;13-,15+,16+,18+,19+,22+,23+,24+,25+;;;/m.1.../s1. The average molecular weight is 1610 g/mol. The summed E-state index contributed by atoms with van der Waals surface area (Å²) in [6, 6.07) is 55.7. The molecular weight excluding hydrogens is 1500 g/mol. The Morgan fingerprint density at radius 3 is 1.95 bits per heavy atom. The third-order valence-corrected chi connectivity index (χ3v) is 25.4. The van der Waals surface area contributed by atoms with Crippen molar-refractivity contribution in [2.24, 2.45) is 34.0 Å². The van der Waals surface area contributed by atoms with E-state index < -0.39 is 92.7 Å². The molecule has 7 aliphatic rings. The van der Waals surface area contributed by atoms with Crippen molar-refractivity contribution >= 4 is 45.4 Å². The van der Waals surface area contributed by atoms with Crippen LogP contribution >= 0.6 is 11.8 Å². The highest BCUT2D eigenvalue weighted by molar-refractivity contribution is 8.13. The number of piperidine rings is 3. The van der Waals surface area contributed by atoms with E-state index in [2.05, 4.69) is 108 Å². The maximum absolute atomic E-state index is 17.2. The summed E-state index contributed by atoms with van der Waals surface area (Å²) in [4.78, 5) is 48.5. The molecule has 0 spiro atoms. The minimum absolute atomic E-state index is 0. The fraction of sp³-hybridized carbons (Fsp3) is 0.467. The van der Waals surface area contributed by atoms with Gasteiger partial charge in [-0.05, 0) is 152 Å². The fourth-order valence-electron chi connectivity index (χ4n) is 18.5. The second kappa shape index (κ2) is 39.5. The summed E-state index contributed by atoms with van der Waals surface area (Å²) in [5.41, 5.74) is -2.14. The highest BCUT2D eigenvalue weighted by Gasteiger charge is 2.78. The van der Waals surface area contributed by atoms with Gasteiger partial charge >= 0.3 is 11.9 Å². The molecular formula is C90H110BrF3N2O14S. The number of nitrogens with one attached hydrogen (secondary N) is 1. The van der Waals surface area contributed by atoms with Crippen molar-refractivity contribution < 1.29 is 104 Å². The first-order chi connectivity index (χ1) is 52.9. The van der Waals surface area contributed by atoms with Crippen molar-refractivity contribution in [3.05, 3.63) is 239 Å². The van der Waals surface area contributed by atoms with Crippen molar-refractivity contribution in [1.29, 1.82) is 0 Å². The Kier molecular flexibility index (Phi) is 31.1. The van der Waals surface area contributed by atoms with Gasteiger partial charge < -0.3 is 76.7 Å². The smallest absolute Gasteiger partial charge is 0.339 e. The summed E-state index contributed by atoms with van der Waals surface area (Å²) < 4.78 is 64.7. The predicted molar refractivity (Wildman–Crippen MR) is 422 cm³/mol. The van der Waals surface area contributed by atoms with Gasteiger partial charge in [0, 0.05) is 84.5 Å². The van der Waals surface area contributed by atoms with E-state index >= 15 is 8.78 Å². The Bertz CT molecular complexity index is 4200. The number of carboxylic acids is 1. The van der Waals surface area contributed by atoms with Crippen LogP contribution in [0.15, 0.2) is 200 Å². The molecule has 4 aliphatic carbocycles. The van der Waals surface area contributed by atoms with Gasteiger partial charge in [-0.2, -0.15) is 0 Å². The molecule has 0 radical (unpaired) electrons. The molecule has 3 saturated carbocycles. The van der Waals surface area contributed by atoms with Crippen molar-refractivity contribution in [2.75, 3.05) is 65.1 Å². The molecule has 8 N–H and O–H groups in total. The lowest BCUT2D eigenvalue weighted by Gasteiger charge is -2.63. The highest BCUT2D eigenvalue weighted by atomic mass is 79.9. The van der Waals surface area contributed by atoms with Crippen molar-refractivity contribution in [2.45, 2.75) is 166 Å². The van der Waals surface area contributed by atoms with E-state index in [0.29, 0.717) is 41.4 Å². The molecule has 0 aromatic heterocycles. The number of aryl methyl sites for hydroxylation is 1. The van der Waals surface area contributed by atoms with Gasteiger partial charge in [0.1, 0.15) is 41.4 Å². The highest BCUT2D eigenvalue weighted by Crippen LogP contribution is 2.72. The third-order valence-electron chi connectivity index (χ3n) is 24.8. The summed E-state index contributed by atoms with van der Waals surface area (Å²) in [6.07, 6.45) is 10.5. The number of nitrogens with zero attached hydrogens (tertiary/aromatic N) is 1. The average Bonchev–Trinajstić information content (AvgIpc) is 1.59. The molecule has 10 atom stereocenters. The van der Waals surface area contributed by atoms with Crippen LogP contribution in [0.1, 0.15) is 161 Å². The lowest BCUT2D eigenvalue weighted by atomic mass is 9.44. The first-order valence-electron chi connectivity index (χ1n) is 39.0. The van der Waals surface area contributed by atoms with Crippen molar-refractivity contribution in [3.63, 3.8) is 0 Å². The number of phenols is 2. The molecule has 3 heterocycles. The molecule has 3 aliphatic heterocycles. The van der Waals surface area contributed by atoms with Crippen LogP contribution in [-0.4, -0.2) is 152 Å². The molecule has 2 bridgehead atoms. The molecule has 14 rings (SSSR count). The topological polar surface area (TPSA) is 250 Å². The van der Waals surface area contributed by atoms with Gasteiger partial charge in [-0.3, -0.25) is 14.4 Å². The Morgan fingerprint density at radius 2 is 1.33 bits per heavy atom. The maximum Gasteiger partial charge on any atom is 0.339 e. The summed E-state index contributed by atoms with van der Waals surface area (Å²) in [5, 5.41) is 75.2. The number of thioether (sulfide) groups is 1. The number of carbonyl (C=O) groups is 4. The number of carbonyl (C=O) groups excluding carboxylic acids is 3. The number of ketones is 1. The van der Waals surface area contributed by atoms with Crippen LogP contribution in [0.3, 0.4) is 0 Å². The molecule has 7 aromatic carbocycles. The second-order valence-electron chi connectivity index (χ2n) is 31.1. The largest absolute Gasteiger partial charge is 1.00 e. The first-order valence-corrected chi connectivity index (χ1v) is 40.0. The van der Waals surface area contributed by atoms with Crippen LogP contribution < -0.4 is 22.3 Å². The van der Waals surface area contributed by atoms with Crippen LogP contribution in [0.2, 0.25) is 0 Å². The summed E-state index contributed by atoms with van der Waals surface area (Å²) in [6.45, 7) is 15.1. The van der Waals surface area contributed by atoms with Crippen LogP contribution in [-0.2, 0) is 53.8 Å². The molecule has 3 saturated heterocycles. The van der Waals surface area contributed by atoms with E-state index in [1.54, 1.807) is 51.1 Å². The van der Waals surface area contributed by atoms with Gasteiger partial charge in [0.25, 0.3) is 0 Å². The van der Waals surface area contributed by atoms with Gasteiger partial charge in [0.15, 0.2) is 17.1 Å². The molecule has 1 unspecified atom stereocenters. The second-order valence-corrected chi connectivity index (χ2v) is 31.9. The number of aromatic carboxylic acids is 1. The van der Waals surface area contributed by atoms with E-state index in [1.807, 2.05) is 30.3 Å². The molecule has 6 fully saturated rings. The van der Waals surface area contributed by atoms with E-state index in [0.717, 1.165) is 137 Å². The van der Waals surface area contributed by atoms with Crippen LogP contribution in [0.25, 0.3) is 10.8 Å². The summed E-state index contributed by atoms with van der Waals surface area (Å²) in [5.74, 6) is -4.53. The van der Waals surface area contributed by atoms with Crippen LogP contribution in [0, 0.1) is 34.0 Å². The lowest BCUT2D eigenvalue weighted by molar-refractivity contribution is -0.946. The molecule has 111 heavy (non-hydrogen) atoms. The lowest BCUT2D eigenvalue weighted by Crippen LogP contribution is -3.00. The molecule has 7 aromatic rings. The zero-order valence-corrected chi connectivity index (χ0v) is 66.6. The number of fused-ring (bicyclic) bond motifs is 9. The number of carboxylic acid groups (broad SMARTS) is 1. The number of unbranched alkanes of at least 4 members (excludes halogenated alkanes) is 4. The van der Waals surface area contributed by atoms with Crippen LogP contribution in [0.5, 0.6) is 11.5 Å². The number of rotatable bonds is 29. The van der Waals surface area contributed by atoms with Gasteiger partial charge in [-0.15, -0.1) is 0 Å². The number of aliphatic hydroxyl groups excluding tert-OH is 3. The summed E-state index contributed by atoms with van der Waals surface area (Å²) in [7, 11) is 0. The molecule has 0 amide bonds. The number of benzene rings is 7. The number of esters is 1. The van der Waals surface area contributed by atoms with Crippen molar-refractivity contribution in [1.82, 2.24) is 5.32 Å². The quantitative estimate of drug-likeness (QED) is 0.0123. The van der Waals surface area contributed by atoms with Gasteiger partial charge in [0.05, 0.1) is 51.7 Å². The third kappa shape index (κ3) is 19.1. The molecule has 16 nitrogen and oxygen atoms in total. The zero-order valence-electron chi connectivity index (χ0n) is 64.2. The number of alkyl halides is 3. The number of aromatic hydroxyl groups is 2. The Labute approximate surface area is 665 Å². The Balaban J connectivity index is 0.000000175. The first kappa shape index (κ1) is 87.4. The number of allylic oxidation sites excluding steroid dienone is 4. The zero-order chi connectivity index (χ0) is 78.7. The van der Waals surface area contributed by atoms with E-state index in [4.69, 9.17) is 19.3 Å².